The van der Waals surface area contributed by atoms with Crippen LogP contribution in [-0.4, -0.2) is 207 Å². The first-order valence-electron chi connectivity index (χ1n) is 30.9. The highest BCUT2D eigenvalue weighted by Gasteiger charge is 2.29. The Bertz CT molecular complexity index is 1650. The van der Waals surface area contributed by atoms with Gasteiger partial charge in [-0.25, -0.2) is 0 Å². The summed E-state index contributed by atoms with van der Waals surface area (Å²) in [4.78, 5) is 108. The summed E-state index contributed by atoms with van der Waals surface area (Å²) in [5, 5.41) is -2.62. The Morgan fingerprint density at radius 2 is 0.470 bits per heavy atom. The molecule has 2 saturated heterocycles. The van der Waals surface area contributed by atoms with Gasteiger partial charge in [-0.3, -0.25) is 38.4 Å². The summed E-state index contributed by atoms with van der Waals surface area (Å²) in [6.07, 6.45) is 19.9. The minimum absolute atomic E-state index is 0.0104. The zero-order chi connectivity index (χ0) is 60.4. The van der Waals surface area contributed by atoms with Crippen LogP contribution < -0.4 is 0 Å². The second-order valence-electron chi connectivity index (χ2n) is 21.5. The fourth-order valence-corrected chi connectivity index (χ4v) is 14.3. The summed E-state index contributed by atoms with van der Waals surface area (Å²) in [6, 6.07) is 0. The van der Waals surface area contributed by atoms with Crippen LogP contribution in [0.5, 0.6) is 0 Å². The average Bonchev–Trinajstić information content (AvgIpc) is 3.48. The van der Waals surface area contributed by atoms with Gasteiger partial charge in [-0.15, -0.1) is 47.0 Å². The summed E-state index contributed by atoms with van der Waals surface area (Å²) in [5.74, 6) is 0.705. The molecule has 2 rings (SSSR count). The van der Waals surface area contributed by atoms with E-state index in [4.69, 9.17) is 37.9 Å². The fraction of sp³-hybridized carbons (Fsp3) is 0.867. The lowest BCUT2D eigenvalue weighted by molar-refractivity contribution is -0.150. The Kier molecular flexibility index (Phi) is 48.4. The third kappa shape index (κ3) is 44.5. The zero-order valence-electron chi connectivity index (χ0n) is 50.9. The van der Waals surface area contributed by atoms with E-state index in [9.17, 15) is 38.4 Å². The summed E-state index contributed by atoms with van der Waals surface area (Å²) in [5.41, 5.74) is 0. The van der Waals surface area contributed by atoms with Gasteiger partial charge >= 0.3 is 47.8 Å². The van der Waals surface area contributed by atoms with Crippen molar-refractivity contribution in [2.24, 2.45) is 0 Å². The number of hydrogen-bond acceptors (Lipinski definition) is 23. The molecule has 0 aromatic rings. The molecule has 0 N–H and O–H groups in total. The smallest absolute Gasteiger partial charge is 0.319 e. The molecule has 0 bridgehead atoms. The third-order valence-electron chi connectivity index (χ3n) is 13.5. The molecule has 480 valence electrons. The second-order valence-corrected chi connectivity index (χ2v) is 28.0. The lowest BCUT2D eigenvalue weighted by Gasteiger charge is -2.17. The van der Waals surface area contributed by atoms with Crippen LogP contribution in [0.4, 0.5) is 0 Å². The van der Waals surface area contributed by atoms with Crippen LogP contribution in [0.1, 0.15) is 180 Å². The van der Waals surface area contributed by atoms with Gasteiger partial charge in [0, 0.05) is 47.6 Å². The van der Waals surface area contributed by atoms with Gasteiger partial charge in [0.2, 0.25) is 0 Å². The molecule has 0 saturated carbocycles. The maximum atomic E-state index is 13.4. The predicted octanol–water partition coefficient (Wildman–Crippen LogP) is 10.5. The first-order valence-corrected chi connectivity index (χ1v) is 36.2. The maximum Gasteiger partial charge on any atom is 0.319 e. The van der Waals surface area contributed by atoms with E-state index in [1.54, 1.807) is 11.8 Å². The Morgan fingerprint density at radius 1 is 0.277 bits per heavy atom. The van der Waals surface area contributed by atoms with Crippen LogP contribution in [0.3, 0.4) is 0 Å². The largest absolute Gasteiger partial charge is 0.466 e. The van der Waals surface area contributed by atoms with Gasteiger partial charge < -0.3 is 47.7 Å². The van der Waals surface area contributed by atoms with E-state index < -0.39 is 44.9 Å². The van der Waals surface area contributed by atoms with Crippen LogP contribution in [-0.2, 0) is 76.3 Å². The normalized spacial score (nSPS) is 23.5. The number of cyclic esters (lactones) is 8. The second kappa shape index (κ2) is 52.5. The number of esters is 8. The van der Waals surface area contributed by atoms with Crippen LogP contribution in [0, 0.1) is 0 Å². The van der Waals surface area contributed by atoms with E-state index in [0.717, 1.165) is 129 Å². The minimum Gasteiger partial charge on any atom is -0.466 e. The van der Waals surface area contributed by atoms with Crippen molar-refractivity contribution in [3.63, 3.8) is 0 Å². The molecule has 83 heavy (non-hydrogen) atoms. The summed E-state index contributed by atoms with van der Waals surface area (Å²) < 4.78 is 44.7. The molecule has 4 unspecified atom stereocenters. The molecule has 18 nitrogen and oxygen atoms in total. The summed E-state index contributed by atoms with van der Waals surface area (Å²) in [6.45, 7) is 3.78. The molecular formula is C60H104N2O16S5. The molecule has 2 heterocycles. The van der Waals surface area contributed by atoms with E-state index in [2.05, 4.69) is 0 Å². The average molecular weight is 1270 g/mol. The van der Waals surface area contributed by atoms with Crippen molar-refractivity contribution in [2.75, 3.05) is 129 Å². The third-order valence-corrected chi connectivity index (χ3v) is 19.7. The van der Waals surface area contributed by atoms with Crippen LogP contribution in [0.2, 0.25) is 0 Å². The molecule has 0 amide bonds. The van der Waals surface area contributed by atoms with Gasteiger partial charge in [0.25, 0.3) is 0 Å². The molecule has 23 heteroatoms. The number of carbonyl (C=O) groups is 8. The lowest BCUT2D eigenvalue weighted by Crippen LogP contribution is -2.27. The molecule has 0 aromatic heterocycles. The Hall–Kier alpha value is -2.57. The number of ether oxygens (including phenoxy) is 8. The molecule has 0 radical (unpaired) electrons. The quantitative estimate of drug-likeness (QED) is 0.0797. The highest BCUT2D eigenvalue weighted by atomic mass is 32.2. The Morgan fingerprint density at radius 3 is 0.687 bits per heavy atom. The first kappa shape index (κ1) is 76.5. The monoisotopic (exact) mass is 1270 g/mol. The Balaban J connectivity index is 1.88. The van der Waals surface area contributed by atoms with Crippen molar-refractivity contribution in [2.45, 2.75) is 201 Å². The zero-order valence-corrected chi connectivity index (χ0v) is 55.0. The lowest BCUT2D eigenvalue weighted by atomic mass is 10.1. The fourth-order valence-electron chi connectivity index (χ4n) is 8.49. The van der Waals surface area contributed by atoms with E-state index in [1.165, 1.54) is 47.0 Å². The van der Waals surface area contributed by atoms with Crippen LogP contribution in [0.25, 0.3) is 0 Å². The standard InChI is InChI=1S/C60H104N2O16S5/c1-61(2)29-39-80-49-45-53(63)71-31-21-13-5-7-15-23-33-73-55(65)47-51(59(69)77-37-27-19-11-9-17-25-35-75-57(49)67)82-43-41-79-42-44-83-52-48-56(66)74-34-24-16-8-6-14-22-32-72-54(64)46-50(81-40-30-62(3)4)58(68)76-36-26-18-10-12-20-28-38-78-60(52)70/h49-52H,5-48H2,1-4H3. The molecule has 2 fully saturated rings. The van der Waals surface area contributed by atoms with Crippen molar-refractivity contribution >= 4 is 107 Å². The van der Waals surface area contributed by atoms with Gasteiger partial charge in [0.05, 0.1) is 78.5 Å². The van der Waals surface area contributed by atoms with Crippen LogP contribution >= 0.6 is 58.8 Å². The van der Waals surface area contributed by atoms with E-state index >= 15 is 0 Å². The number of thioether (sulfide) groups is 5. The highest BCUT2D eigenvalue weighted by molar-refractivity contribution is 8.05. The maximum absolute atomic E-state index is 13.4. The van der Waals surface area contributed by atoms with Crippen molar-refractivity contribution < 1.29 is 76.3 Å². The summed E-state index contributed by atoms with van der Waals surface area (Å²) >= 11 is 7.28. The van der Waals surface area contributed by atoms with E-state index in [0.29, 0.717) is 99.5 Å². The van der Waals surface area contributed by atoms with Gasteiger partial charge in [-0.05, 0) is 79.6 Å². The minimum atomic E-state index is -0.707. The number of carbonyl (C=O) groups excluding carboxylic acids is 8. The molecule has 0 aliphatic carbocycles. The molecule has 0 aromatic carbocycles. The number of nitrogens with zero attached hydrogens (tertiary/aromatic N) is 2. The number of rotatable bonds is 16. The van der Waals surface area contributed by atoms with Crippen molar-refractivity contribution in [1.29, 1.82) is 0 Å². The first-order chi connectivity index (χ1) is 40.2. The Labute approximate surface area is 519 Å². The van der Waals surface area contributed by atoms with E-state index in [1.807, 2.05) is 38.0 Å². The van der Waals surface area contributed by atoms with E-state index in [-0.39, 0.29) is 76.0 Å². The molecule has 0 spiro atoms. The van der Waals surface area contributed by atoms with Gasteiger partial charge in [0.1, 0.15) is 21.0 Å². The molecule has 2 aliphatic rings. The molecular weight excluding hydrogens is 1160 g/mol. The SMILES string of the molecule is CN(C)CCSC1CC(=O)OCCCCCCCCOC(=O)CC(SCCSCCSC2CC(=O)OCCCCCCCCOC(=O)CC(SCCN(C)C)C(=O)OCCCCCCCCOC2=O)C(=O)OCCCCCCCCOC1=O. The molecule has 4 atom stereocenters. The van der Waals surface area contributed by atoms with Crippen molar-refractivity contribution in [3.05, 3.63) is 0 Å². The number of hydrogen-bond donors (Lipinski definition) is 0. The van der Waals surface area contributed by atoms with Crippen LogP contribution in [0.15, 0.2) is 0 Å². The summed E-state index contributed by atoms with van der Waals surface area (Å²) in [7, 11) is 7.87. The topological polar surface area (TPSA) is 217 Å². The predicted molar refractivity (Wildman–Crippen MR) is 336 cm³/mol. The van der Waals surface area contributed by atoms with Gasteiger partial charge in [-0.2, -0.15) is 11.8 Å². The van der Waals surface area contributed by atoms with Gasteiger partial charge in [-0.1, -0.05) is 103 Å². The van der Waals surface area contributed by atoms with Crippen molar-refractivity contribution in [1.82, 2.24) is 9.80 Å². The van der Waals surface area contributed by atoms with Gasteiger partial charge in [0.15, 0.2) is 0 Å². The van der Waals surface area contributed by atoms with Crippen molar-refractivity contribution in [3.8, 4) is 0 Å². The highest BCUT2D eigenvalue weighted by Crippen LogP contribution is 2.25. The molecule has 2 aliphatic heterocycles.